The fourth-order valence-electron chi connectivity index (χ4n) is 1.95. The van der Waals surface area contributed by atoms with Crippen molar-refractivity contribution in [2.24, 2.45) is 0 Å². The topological polar surface area (TPSA) is 12.0 Å². The van der Waals surface area contributed by atoms with Gasteiger partial charge >= 0.3 is 0 Å². The molecule has 0 bridgehead atoms. The van der Waals surface area contributed by atoms with E-state index in [0.717, 1.165) is 24.5 Å². The first-order chi connectivity index (χ1) is 6.28. The number of hydrogen-bond donors (Lipinski definition) is 1. The Morgan fingerprint density at radius 1 is 1.38 bits per heavy atom. The van der Waals surface area contributed by atoms with Crippen LogP contribution in [-0.2, 0) is 5.41 Å². The Kier molecular flexibility index (Phi) is 2.31. The van der Waals surface area contributed by atoms with Gasteiger partial charge in [-0.15, -0.1) is 0 Å². The minimum atomic E-state index is 0.304. The Labute approximate surface area is 84.1 Å². The Hall–Kier alpha value is -0.530. The van der Waals surface area contributed by atoms with Crippen LogP contribution in [0, 0.1) is 0 Å². The molecule has 13 heavy (non-hydrogen) atoms. The Morgan fingerprint density at radius 2 is 2.08 bits per heavy atom. The number of benzene rings is 1. The third-order valence-electron chi connectivity index (χ3n) is 3.05. The van der Waals surface area contributed by atoms with E-state index in [0.29, 0.717) is 5.41 Å². The quantitative estimate of drug-likeness (QED) is 0.765. The zero-order valence-corrected chi connectivity index (χ0v) is 8.56. The molecule has 1 saturated heterocycles. The summed E-state index contributed by atoms with van der Waals surface area (Å²) < 4.78 is 0. The van der Waals surface area contributed by atoms with Crippen molar-refractivity contribution in [3.63, 3.8) is 0 Å². The minimum absolute atomic E-state index is 0.304. The summed E-state index contributed by atoms with van der Waals surface area (Å²) in [6.07, 6.45) is 1.16. The zero-order valence-electron chi connectivity index (χ0n) is 7.81. The van der Waals surface area contributed by atoms with Crippen LogP contribution in [0.1, 0.15) is 18.9 Å². The van der Waals surface area contributed by atoms with E-state index in [2.05, 4.69) is 24.4 Å². The van der Waals surface area contributed by atoms with Crippen LogP contribution in [-0.4, -0.2) is 13.1 Å². The van der Waals surface area contributed by atoms with Gasteiger partial charge in [-0.25, -0.2) is 0 Å². The van der Waals surface area contributed by atoms with Crippen molar-refractivity contribution in [1.82, 2.24) is 5.32 Å². The lowest BCUT2D eigenvalue weighted by Crippen LogP contribution is -2.56. The lowest BCUT2D eigenvalue weighted by molar-refractivity contribution is 0.267. The van der Waals surface area contributed by atoms with E-state index >= 15 is 0 Å². The van der Waals surface area contributed by atoms with Gasteiger partial charge in [0, 0.05) is 23.5 Å². The minimum Gasteiger partial charge on any atom is -0.315 e. The van der Waals surface area contributed by atoms with Crippen LogP contribution >= 0.6 is 11.6 Å². The maximum atomic E-state index is 6.17. The molecule has 1 aliphatic rings. The number of hydrogen-bond acceptors (Lipinski definition) is 1. The molecular weight excluding hydrogens is 182 g/mol. The summed E-state index contributed by atoms with van der Waals surface area (Å²) in [7, 11) is 0. The van der Waals surface area contributed by atoms with Crippen molar-refractivity contribution in [2.75, 3.05) is 13.1 Å². The van der Waals surface area contributed by atoms with E-state index in [1.165, 1.54) is 5.56 Å². The summed E-state index contributed by atoms with van der Waals surface area (Å²) in [5.41, 5.74) is 1.61. The van der Waals surface area contributed by atoms with E-state index in [4.69, 9.17) is 11.6 Å². The van der Waals surface area contributed by atoms with Gasteiger partial charge in [0.15, 0.2) is 0 Å². The fraction of sp³-hybridized carbons (Fsp3) is 0.455. The molecule has 1 aromatic rings. The summed E-state index contributed by atoms with van der Waals surface area (Å²) in [6.45, 7) is 4.35. The monoisotopic (exact) mass is 195 g/mol. The van der Waals surface area contributed by atoms with Crippen LogP contribution in [0.3, 0.4) is 0 Å². The second kappa shape index (κ2) is 3.32. The molecule has 0 amide bonds. The highest BCUT2D eigenvalue weighted by Crippen LogP contribution is 2.35. The Morgan fingerprint density at radius 3 is 2.54 bits per heavy atom. The summed E-state index contributed by atoms with van der Waals surface area (Å²) >= 11 is 6.17. The van der Waals surface area contributed by atoms with Crippen LogP contribution in [0.2, 0.25) is 5.02 Å². The van der Waals surface area contributed by atoms with Gasteiger partial charge in [0.1, 0.15) is 0 Å². The number of halogens is 1. The van der Waals surface area contributed by atoms with Crippen LogP contribution < -0.4 is 5.32 Å². The van der Waals surface area contributed by atoms with Crippen molar-refractivity contribution < 1.29 is 0 Å². The van der Waals surface area contributed by atoms with E-state index in [1.807, 2.05) is 12.1 Å². The smallest absolute Gasteiger partial charge is 0.0444 e. The van der Waals surface area contributed by atoms with Crippen molar-refractivity contribution in [2.45, 2.75) is 18.8 Å². The summed E-state index contributed by atoms with van der Waals surface area (Å²) in [5, 5.41) is 4.23. The molecule has 0 aromatic heterocycles. The highest BCUT2D eigenvalue weighted by Gasteiger charge is 2.37. The van der Waals surface area contributed by atoms with Gasteiger partial charge in [-0.05, 0) is 18.1 Å². The molecule has 0 radical (unpaired) electrons. The highest BCUT2D eigenvalue weighted by atomic mass is 35.5. The average molecular weight is 196 g/mol. The van der Waals surface area contributed by atoms with Gasteiger partial charge < -0.3 is 5.32 Å². The lowest BCUT2D eigenvalue weighted by Gasteiger charge is -2.43. The van der Waals surface area contributed by atoms with Crippen molar-refractivity contribution in [3.8, 4) is 0 Å². The molecule has 1 aromatic carbocycles. The first kappa shape index (κ1) is 9.04. The molecule has 0 spiro atoms. The molecule has 2 heteroatoms. The maximum absolute atomic E-state index is 6.17. The van der Waals surface area contributed by atoms with Crippen LogP contribution in [0.5, 0.6) is 0 Å². The van der Waals surface area contributed by atoms with Gasteiger partial charge in [0.25, 0.3) is 0 Å². The molecule has 1 N–H and O–H groups in total. The molecule has 1 heterocycles. The first-order valence-corrected chi connectivity index (χ1v) is 5.12. The standard InChI is InChI=1S/C11H14ClN/c1-2-11(7-13-8-11)9-5-3-4-6-10(9)12/h3-6,13H,2,7-8H2,1H3. The Bertz CT molecular complexity index is 299. The molecule has 0 saturated carbocycles. The zero-order chi connectivity index (χ0) is 9.31. The first-order valence-electron chi connectivity index (χ1n) is 4.74. The second-order valence-corrected chi connectivity index (χ2v) is 4.12. The summed E-state index contributed by atoms with van der Waals surface area (Å²) in [4.78, 5) is 0. The van der Waals surface area contributed by atoms with Gasteiger partial charge in [0.05, 0.1) is 0 Å². The molecule has 2 rings (SSSR count). The van der Waals surface area contributed by atoms with Crippen LogP contribution in [0.15, 0.2) is 24.3 Å². The molecule has 0 atom stereocenters. The summed E-state index contributed by atoms with van der Waals surface area (Å²) in [5.74, 6) is 0. The fourth-order valence-corrected chi connectivity index (χ4v) is 2.29. The van der Waals surface area contributed by atoms with Gasteiger partial charge in [-0.3, -0.25) is 0 Å². The molecule has 1 fully saturated rings. The number of rotatable bonds is 2. The van der Waals surface area contributed by atoms with Gasteiger partial charge in [0.2, 0.25) is 0 Å². The molecular formula is C11H14ClN. The maximum Gasteiger partial charge on any atom is 0.0444 e. The average Bonchev–Trinajstić information content (AvgIpc) is 2.07. The molecule has 70 valence electrons. The highest BCUT2D eigenvalue weighted by molar-refractivity contribution is 6.31. The molecule has 0 aliphatic carbocycles. The molecule has 0 unspecified atom stereocenters. The number of nitrogens with one attached hydrogen (secondary N) is 1. The van der Waals surface area contributed by atoms with E-state index in [9.17, 15) is 0 Å². The van der Waals surface area contributed by atoms with Crippen molar-refractivity contribution in [3.05, 3.63) is 34.9 Å². The molecule has 1 nitrogen and oxygen atoms in total. The van der Waals surface area contributed by atoms with E-state index in [-0.39, 0.29) is 0 Å². The molecule has 1 aliphatic heterocycles. The predicted molar refractivity (Wildman–Crippen MR) is 56.3 cm³/mol. The Balaban J connectivity index is 2.38. The normalized spacial score (nSPS) is 19.5. The van der Waals surface area contributed by atoms with E-state index < -0.39 is 0 Å². The summed E-state index contributed by atoms with van der Waals surface area (Å²) in [6, 6.07) is 8.18. The lowest BCUT2D eigenvalue weighted by atomic mass is 9.73. The second-order valence-electron chi connectivity index (χ2n) is 3.72. The SMILES string of the molecule is CCC1(c2ccccc2Cl)CNC1. The van der Waals surface area contributed by atoms with Crippen LogP contribution in [0.4, 0.5) is 0 Å². The predicted octanol–water partition coefficient (Wildman–Crippen LogP) is 2.59. The van der Waals surface area contributed by atoms with Crippen molar-refractivity contribution >= 4 is 11.6 Å². The largest absolute Gasteiger partial charge is 0.315 e. The van der Waals surface area contributed by atoms with E-state index in [1.54, 1.807) is 0 Å². The van der Waals surface area contributed by atoms with Crippen molar-refractivity contribution in [1.29, 1.82) is 0 Å². The third-order valence-corrected chi connectivity index (χ3v) is 3.38. The van der Waals surface area contributed by atoms with Crippen LogP contribution in [0.25, 0.3) is 0 Å². The van der Waals surface area contributed by atoms with Gasteiger partial charge in [-0.1, -0.05) is 36.7 Å². The van der Waals surface area contributed by atoms with Gasteiger partial charge in [-0.2, -0.15) is 0 Å². The third kappa shape index (κ3) is 1.36.